The normalized spacial score (nSPS) is 18.3. The van der Waals surface area contributed by atoms with Crippen LogP contribution in [0.25, 0.3) is 0 Å². The van der Waals surface area contributed by atoms with E-state index >= 15 is 0 Å². The van der Waals surface area contributed by atoms with Gasteiger partial charge in [0.05, 0.1) is 6.20 Å². The van der Waals surface area contributed by atoms with E-state index < -0.39 is 5.82 Å². The summed E-state index contributed by atoms with van der Waals surface area (Å²) in [4.78, 5) is 9.78. The highest BCUT2D eigenvalue weighted by Crippen LogP contribution is 2.14. The van der Waals surface area contributed by atoms with Gasteiger partial charge in [-0.25, -0.2) is 9.37 Å². The molecule has 17 heavy (non-hydrogen) atoms. The molecular formula is C11H16ClFN4. The van der Waals surface area contributed by atoms with Gasteiger partial charge in [-0.2, -0.15) is 4.98 Å². The van der Waals surface area contributed by atoms with Crippen LogP contribution in [0.15, 0.2) is 6.20 Å². The second-order valence-electron chi connectivity index (χ2n) is 4.31. The first-order valence-corrected chi connectivity index (χ1v) is 6.20. The minimum atomic E-state index is -0.469. The van der Waals surface area contributed by atoms with Crippen LogP contribution in [0.2, 0.25) is 5.28 Å². The van der Waals surface area contributed by atoms with Crippen LogP contribution in [0.3, 0.4) is 0 Å². The Hall–Kier alpha value is -0.940. The topological polar surface area (TPSA) is 41.1 Å². The van der Waals surface area contributed by atoms with Gasteiger partial charge in [0.25, 0.3) is 0 Å². The molecule has 0 aliphatic carbocycles. The van der Waals surface area contributed by atoms with Crippen molar-refractivity contribution < 1.29 is 4.39 Å². The average molecular weight is 259 g/mol. The minimum Gasteiger partial charge on any atom is -0.366 e. The fourth-order valence-corrected chi connectivity index (χ4v) is 2.16. The molecule has 1 fully saturated rings. The zero-order valence-electron chi connectivity index (χ0n) is 9.79. The van der Waals surface area contributed by atoms with Gasteiger partial charge < -0.3 is 5.32 Å². The largest absolute Gasteiger partial charge is 0.366 e. The number of nitrogens with zero attached hydrogens (tertiary/aromatic N) is 3. The summed E-state index contributed by atoms with van der Waals surface area (Å²) < 4.78 is 13.3. The van der Waals surface area contributed by atoms with E-state index in [0.717, 1.165) is 19.3 Å². The number of likely N-dealkylation sites (tertiary alicyclic amines) is 1. The number of nitrogens with one attached hydrogen (secondary N) is 1. The summed E-state index contributed by atoms with van der Waals surface area (Å²) in [6, 6.07) is 0.366. The van der Waals surface area contributed by atoms with Gasteiger partial charge in [0.1, 0.15) is 0 Å². The molecule has 1 aliphatic rings. The Kier molecular flexibility index (Phi) is 4.12. The Balaban J connectivity index is 1.90. The van der Waals surface area contributed by atoms with Crippen LogP contribution in [0.5, 0.6) is 0 Å². The molecule has 1 aromatic heterocycles. The van der Waals surface area contributed by atoms with Gasteiger partial charge in [0, 0.05) is 12.6 Å². The highest BCUT2D eigenvalue weighted by Gasteiger charge is 2.18. The molecule has 0 amide bonds. The molecule has 0 bridgehead atoms. The van der Waals surface area contributed by atoms with Crippen molar-refractivity contribution in [1.82, 2.24) is 14.9 Å². The lowest BCUT2D eigenvalue weighted by atomic mass is 10.3. The number of aromatic nitrogens is 2. The van der Waals surface area contributed by atoms with E-state index in [-0.39, 0.29) is 11.1 Å². The van der Waals surface area contributed by atoms with Crippen LogP contribution in [0.1, 0.15) is 19.8 Å². The standard InChI is InChI=1S/C11H16ClFN4/c1-8(17-4-2-3-5-17)6-14-10-9(13)7-15-11(12)16-10/h7-8H,2-6H2,1H3,(H,14,15,16). The second kappa shape index (κ2) is 5.60. The molecule has 2 rings (SSSR count). The Morgan fingerprint density at radius 1 is 1.53 bits per heavy atom. The summed E-state index contributed by atoms with van der Waals surface area (Å²) in [5.74, 6) is -0.293. The number of halogens is 2. The van der Waals surface area contributed by atoms with Crippen molar-refractivity contribution >= 4 is 17.4 Å². The molecule has 1 N–H and O–H groups in total. The van der Waals surface area contributed by atoms with Crippen molar-refractivity contribution in [2.24, 2.45) is 0 Å². The fourth-order valence-electron chi connectivity index (χ4n) is 2.03. The summed E-state index contributed by atoms with van der Waals surface area (Å²) in [5.41, 5.74) is 0. The monoisotopic (exact) mass is 258 g/mol. The van der Waals surface area contributed by atoms with Gasteiger partial charge in [-0.15, -0.1) is 0 Å². The van der Waals surface area contributed by atoms with Crippen LogP contribution in [0.4, 0.5) is 10.2 Å². The van der Waals surface area contributed by atoms with Crippen molar-refractivity contribution in [2.45, 2.75) is 25.8 Å². The summed E-state index contributed by atoms with van der Waals surface area (Å²) in [6.07, 6.45) is 3.58. The number of anilines is 1. The van der Waals surface area contributed by atoms with Crippen molar-refractivity contribution in [1.29, 1.82) is 0 Å². The molecule has 1 unspecified atom stereocenters. The maximum absolute atomic E-state index is 13.3. The average Bonchev–Trinajstić information content (AvgIpc) is 2.83. The second-order valence-corrected chi connectivity index (χ2v) is 4.65. The highest BCUT2D eigenvalue weighted by molar-refractivity contribution is 6.28. The minimum absolute atomic E-state index is 0.0581. The van der Waals surface area contributed by atoms with Crippen LogP contribution < -0.4 is 5.32 Å². The first kappa shape index (κ1) is 12.5. The molecule has 6 heteroatoms. The van der Waals surface area contributed by atoms with Gasteiger partial charge in [-0.3, -0.25) is 4.90 Å². The lowest BCUT2D eigenvalue weighted by molar-refractivity contribution is 0.269. The molecule has 4 nitrogen and oxygen atoms in total. The van der Waals surface area contributed by atoms with Crippen molar-refractivity contribution in [3.05, 3.63) is 17.3 Å². The molecule has 0 saturated carbocycles. The predicted octanol–water partition coefficient (Wildman–Crippen LogP) is 2.17. The van der Waals surface area contributed by atoms with Crippen LogP contribution in [-0.4, -0.2) is 40.5 Å². The molecule has 1 saturated heterocycles. The molecule has 0 aromatic carbocycles. The summed E-state index contributed by atoms with van der Waals surface area (Å²) in [5, 5.41) is 3.04. The molecule has 2 heterocycles. The van der Waals surface area contributed by atoms with Gasteiger partial charge in [-0.1, -0.05) is 0 Å². The Morgan fingerprint density at radius 2 is 2.24 bits per heavy atom. The molecule has 94 valence electrons. The van der Waals surface area contributed by atoms with E-state index in [9.17, 15) is 4.39 Å². The van der Waals surface area contributed by atoms with Gasteiger partial charge in [0.2, 0.25) is 5.28 Å². The third-order valence-electron chi connectivity index (χ3n) is 3.04. The van der Waals surface area contributed by atoms with E-state index in [1.54, 1.807) is 0 Å². The highest BCUT2D eigenvalue weighted by atomic mass is 35.5. The summed E-state index contributed by atoms with van der Waals surface area (Å²) in [7, 11) is 0. The molecule has 1 atom stereocenters. The van der Waals surface area contributed by atoms with Gasteiger partial charge >= 0.3 is 0 Å². The van der Waals surface area contributed by atoms with Crippen LogP contribution in [0, 0.1) is 5.82 Å². The van der Waals surface area contributed by atoms with E-state index in [1.807, 2.05) is 0 Å². The molecule has 0 spiro atoms. The maximum Gasteiger partial charge on any atom is 0.224 e. The maximum atomic E-state index is 13.3. The van der Waals surface area contributed by atoms with E-state index in [0.29, 0.717) is 12.6 Å². The zero-order valence-corrected chi connectivity index (χ0v) is 10.5. The third-order valence-corrected chi connectivity index (χ3v) is 3.23. The lowest BCUT2D eigenvalue weighted by Gasteiger charge is -2.24. The number of hydrogen-bond acceptors (Lipinski definition) is 4. The van der Waals surface area contributed by atoms with E-state index in [4.69, 9.17) is 11.6 Å². The summed E-state index contributed by atoms with van der Waals surface area (Å²) >= 11 is 5.62. The van der Waals surface area contributed by atoms with Crippen molar-refractivity contribution in [3.8, 4) is 0 Å². The Morgan fingerprint density at radius 3 is 2.94 bits per heavy atom. The van der Waals surface area contributed by atoms with E-state index in [1.165, 1.54) is 12.8 Å². The summed E-state index contributed by atoms with van der Waals surface area (Å²) in [6.45, 7) is 5.02. The Labute approximate surface area is 105 Å². The number of rotatable bonds is 4. The predicted molar refractivity (Wildman–Crippen MR) is 65.8 cm³/mol. The smallest absolute Gasteiger partial charge is 0.224 e. The fraction of sp³-hybridized carbons (Fsp3) is 0.636. The molecule has 1 aromatic rings. The molecular weight excluding hydrogens is 243 g/mol. The van der Waals surface area contributed by atoms with E-state index in [2.05, 4.69) is 27.1 Å². The lowest BCUT2D eigenvalue weighted by Crippen LogP contribution is -2.35. The molecule has 0 radical (unpaired) electrons. The zero-order chi connectivity index (χ0) is 12.3. The Bertz CT molecular complexity index is 382. The van der Waals surface area contributed by atoms with Crippen LogP contribution in [-0.2, 0) is 0 Å². The van der Waals surface area contributed by atoms with Crippen molar-refractivity contribution in [3.63, 3.8) is 0 Å². The van der Waals surface area contributed by atoms with Crippen LogP contribution >= 0.6 is 11.6 Å². The first-order valence-electron chi connectivity index (χ1n) is 5.83. The first-order chi connectivity index (χ1) is 8.16. The SMILES string of the molecule is CC(CNc1nc(Cl)ncc1F)N1CCCC1. The number of hydrogen-bond donors (Lipinski definition) is 1. The van der Waals surface area contributed by atoms with Crippen molar-refractivity contribution in [2.75, 3.05) is 25.0 Å². The van der Waals surface area contributed by atoms with Gasteiger partial charge in [0.15, 0.2) is 11.6 Å². The molecule has 1 aliphatic heterocycles. The van der Waals surface area contributed by atoms with Gasteiger partial charge in [-0.05, 0) is 44.5 Å². The quantitative estimate of drug-likeness (QED) is 0.841. The third kappa shape index (κ3) is 3.26.